The van der Waals surface area contributed by atoms with Gasteiger partial charge in [0, 0.05) is 0 Å². The molecular weight excluding hydrogens is 512 g/mol. The lowest BCUT2D eigenvalue weighted by Gasteiger charge is -2.20. The molecule has 196 valence electrons. The summed E-state index contributed by atoms with van der Waals surface area (Å²) in [7, 11) is 0. The van der Waals surface area contributed by atoms with Gasteiger partial charge in [0.15, 0.2) is 0 Å². The molecule has 0 bridgehead atoms. The van der Waals surface area contributed by atoms with Gasteiger partial charge in [-0.3, -0.25) is 0 Å². The van der Waals surface area contributed by atoms with Gasteiger partial charge < -0.3 is 23.8 Å². The Hall–Kier alpha value is -5.63. The second kappa shape index (κ2) is 9.92. The van der Waals surface area contributed by atoms with Gasteiger partial charge >= 0.3 is 17.2 Å². The summed E-state index contributed by atoms with van der Waals surface area (Å²) in [5.74, 6) is -2.45. The maximum Gasteiger partial charge on any atom is 0.344 e. The molecule has 4 aromatic carbocycles. The van der Waals surface area contributed by atoms with Gasteiger partial charge in [-0.2, -0.15) is 0 Å². The molecule has 40 heavy (non-hydrogen) atoms. The second-order valence-electron chi connectivity index (χ2n) is 9.05. The first-order chi connectivity index (χ1) is 19.4. The predicted octanol–water partition coefficient (Wildman–Crippen LogP) is 5.71. The van der Waals surface area contributed by atoms with Crippen LogP contribution in [0.15, 0.2) is 122 Å². The average Bonchev–Trinajstić information content (AvgIpc) is 2.97. The number of carbonyl (C=O) groups excluding carboxylic acids is 1. The lowest BCUT2D eigenvalue weighted by molar-refractivity contribution is 0.0734. The number of esters is 1. The van der Waals surface area contributed by atoms with Crippen molar-refractivity contribution in [1.82, 2.24) is 0 Å². The van der Waals surface area contributed by atoms with Gasteiger partial charge in [-0.05, 0) is 54.1 Å². The number of hydrogen-bond donors (Lipinski definition) is 2. The molecule has 0 saturated carbocycles. The Bertz CT molecular complexity index is 1910. The number of rotatable bonds is 5. The molecule has 0 amide bonds. The summed E-state index contributed by atoms with van der Waals surface area (Å²) in [6, 6.07) is 27.3. The molecule has 0 atom stereocenters. The molecule has 2 aromatic heterocycles. The Balaban J connectivity index is 1.53. The molecule has 0 spiro atoms. The molecule has 2 heterocycles. The monoisotopic (exact) mass is 532 g/mol. The first kappa shape index (κ1) is 24.7. The maximum atomic E-state index is 13.3. The van der Waals surface area contributed by atoms with E-state index in [4.69, 9.17) is 13.6 Å². The Kier molecular flexibility index (Phi) is 6.12. The van der Waals surface area contributed by atoms with Gasteiger partial charge in [-0.15, -0.1) is 0 Å². The van der Waals surface area contributed by atoms with Crippen LogP contribution in [0.5, 0.6) is 17.2 Å². The first-order valence-corrected chi connectivity index (χ1v) is 12.3. The molecule has 2 N–H and O–H groups in total. The van der Waals surface area contributed by atoms with E-state index < -0.39 is 34.6 Å². The Morgan fingerprint density at radius 1 is 0.625 bits per heavy atom. The van der Waals surface area contributed by atoms with Crippen LogP contribution < -0.4 is 16.0 Å². The number of ether oxygens (including phenoxy) is 1. The van der Waals surface area contributed by atoms with Crippen LogP contribution in [0.25, 0.3) is 21.9 Å². The molecule has 8 heteroatoms. The molecule has 0 aliphatic carbocycles. The minimum atomic E-state index is -1.29. The van der Waals surface area contributed by atoms with Crippen LogP contribution >= 0.6 is 0 Å². The number of para-hydroxylation sites is 2. The highest BCUT2D eigenvalue weighted by atomic mass is 16.5. The lowest BCUT2D eigenvalue weighted by Crippen LogP contribution is -2.21. The summed E-state index contributed by atoms with van der Waals surface area (Å²) in [6.07, 6.45) is 0. The minimum absolute atomic E-state index is 0.158. The summed E-state index contributed by atoms with van der Waals surface area (Å²) >= 11 is 0. The predicted molar refractivity (Wildman–Crippen MR) is 147 cm³/mol. The van der Waals surface area contributed by atoms with E-state index in [1.807, 2.05) is 0 Å². The van der Waals surface area contributed by atoms with Crippen LogP contribution in [0, 0.1) is 0 Å². The van der Waals surface area contributed by atoms with Gasteiger partial charge in [-0.1, -0.05) is 54.6 Å². The number of carbonyl (C=O) groups is 1. The Labute approximate surface area is 225 Å². The Morgan fingerprint density at radius 3 is 1.62 bits per heavy atom. The molecule has 0 unspecified atom stereocenters. The average molecular weight is 533 g/mol. The van der Waals surface area contributed by atoms with Crippen LogP contribution in [-0.2, 0) is 0 Å². The quantitative estimate of drug-likeness (QED) is 0.164. The topological polar surface area (TPSA) is 127 Å². The van der Waals surface area contributed by atoms with Gasteiger partial charge in [0.05, 0.1) is 33.4 Å². The zero-order chi connectivity index (χ0) is 27.8. The van der Waals surface area contributed by atoms with E-state index in [-0.39, 0.29) is 38.8 Å². The van der Waals surface area contributed by atoms with E-state index in [2.05, 4.69) is 0 Å². The van der Waals surface area contributed by atoms with Crippen molar-refractivity contribution < 1.29 is 28.6 Å². The number of fused-ring (bicyclic) bond motifs is 2. The third-order valence-corrected chi connectivity index (χ3v) is 6.65. The third-order valence-electron chi connectivity index (χ3n) is 6.65. The zero-order valence-electron chi connectivity index (χ0n) is 20.7. The molecule has 0 saturated heterocycles. The van der Waals surface area contributed by atoms with E-state index in [1.165, 1.54) is 36.4 Å². The van der Waals surface area contributed by atoms with Crippen LogP contribution in [0.4, 0.5) is 0 Å². The summed E-state index contributed by atoms with van der Waals surface area (Å²) < 4.78 is 16.4. The van der Waals surface area contributed by atoms with E-state index in [0.717, 1.165) is 0 Å². The van der Waals surface area contributed by atoms with Gasteiger partial charge in [-0.25, -0.2) is 14.4 Å². The fraction of sp³-hybridized carbons (Fsp3) is 0.0312. The van der Waals surface area contributed by atoms with Crippen LogP contribution in [0.1, 0.15) is 33.0 Å². The van der Waals surface area contributed by atoms with Crippen molar-refractivity contribution >= 4 is 27.9 Å². The van der Waals surface area contributed by atoms with Gasteiger partial charge in [0.25, 0.3) is 0 Å². The Morgan fingerprint density at radius 2 is 1.10 bits per heavy atom. The highest BCUT2D eigenvalue weighted by molar-refractivity contribution is 5.91. The van der Waals surface area contributed by atoms with Gasteiger partial charge in [0.1, 0.15) is 28.4 Å². The summed E-state index contributed by atoms with van der Waals surface area (Å²) in [6.45, 7) is 0. The minimum Gasteiger partial charge on any atom is -0.507 e. The summed E-state index contributed by atoms with van der Waals surface area (Å²) in [4.78, 5) is 39.1. The van der Waals surface area contributed by atoms with E-state index in [9.17, 15) is 24.6 Å². The highest BCUT2D eigenvalue weighted by Crippen LogP contribution is 2.42. The molecule has 0 aliphatic rings. The number of hydrogen-bond acceptors (Lipinski definition) is 8. The SMILES string of the molecule is O=C(Oc1ccc(C(c2c(O)c3ccccc3oc2=O)c2c(O)c3ccccc3oc2=O)cc1)c1ccccc1. The summed E-state index contributed by atoms with van der Waals surface area (Å²) in [5.41, 5.74) is -1.30. The summed E-state index contributed by atoms with van der Waals surface area (Å²) in [5, 5.41) is 23.0. The van der Waals surface area contributed by atoms with Crippen LogP contribution in [0.3, 0.4) is 0 Å². The van der Waals surface area contributed by atoms with Crippen molar-refractivity contribution in [1.29, 1.82) is 0 Å². The third kappa shape index (κ3) is 4.27. The normalized spacial score (nSPS) is 11.2. The number of aromatic hydroxyl groups is 2. The van der Waals surface area contributed by atoms with Gasteiger partial charge in [0.2, 0.25) is 0 Å². The smallest absolute Gasteiger partial charge is 0.344 e. The van der Waals surface area contributed by atoms with E-state index in [1.54, 1.807) is 66.7 Å². The molecule has 6 rings (SSSR count). The van der Waals surface area contributed by atoms with Crippen molar-refractivity contribution in [2.75, 3.05) is 0 Å². The van der Waals surface area contributed by atoms with Crippen molar-refractivity contribution in [3.8, 4) is 17.2 Å². The van der Waals surface area contributed by atoms with Crippen molar-refractivity contribution in [3.63, 3.8) is 0 Å². The van der Waals surface area contributed by atoms with Crippen LogP contribution in [-0.4, -0.2) is 16.2 Å². The molecule has 0 radical (unpaired) electrons. The van der Waals surface area contributed by atoms with E-state index in [0.29, 0.717) is 11.1 Å². The second-order valence-corrected chi connectivity index (χ2v) is 9.05. The molecule has 0 fully saturated rings. The maximum absolute atomic E-state index is 13.3. The van der Waals surface area contributed by atoms with Crippen molar-refractivity contribution in [2.24, 2.45) is 0 Å². The van der Waals surface area contributed by atoms with Crippen molar-refractivity contribution in [2.45, 2.75) is 5.92 Å². The van der Waals surface area contributed by atoms with E-state index >= 15 is 0 Å². The lowest BCUT2D eigenvalue weighted by atomic mass is 9.84. The fourth-order valence-electron chi connectivity index (χ4n) is 4.75. The molecule has 6 aromatic rings. The highest BCUT2D eigenvalue weighted by Gasteiger charge is 2.32. The number of benzene rings is 4. The molecule has 8 nitrogen and oxygen atoms in total. The largest absolute Gasteiger partial charge is 0.507 e. The van der Waals surface area contributed by atoms with Crippen LogP contribution in [0.2, 0.25) is 0 Å². The zero-order valence-corrected chi connectivity index (χ0v) is 20.7. The first-order valence-electron chi connectivity index (χ1n) is 12.3. The fourth-order valence-corrected chi connectivity index (χ4v) is 4.75. The molecule has 0 aliphatic heterocycles. The standard InChI is InChI=1S/C32H20O8/c33-28-21-10-4-6-12-23(21)39-31(36)26(28)25(27-29(34)22-11-5-7-13-24(22)40-32(27)37)18-14-16-20(17-15-18)38-30(35)19-8-2-1-3-9-19/h1-17,25,33-34H. The van der Waals surface area contributed by atoms with Crippen molar-refractivity contribution in [3.05, 3.63) is 146 Å². The molecular formula is C32H20O8.